The highest BCUT2D eigenvalue weighted by Gasteiger charge is 2.24. The van der Waals surface area contributed by atoms with Gasteiger partial charge in [-0.15, -0.1) is 0 Å². The Morgan fingerprint density at radius 3 is 2.82 bits per heavy atom. The van der Waals surface area contributed by atoms with Gasteiger partial charge in [-0.05, 0) is 49.2 Å². The first kappa shape index (κ1) is 20.1. The Bertz CT molecular complexity index is 903. The summed E-state index contributed by atoms with van der Waals surface area (Å²) in [5.74, 6) is -0.773. The van der Waals surface area contributed by atoms with E-state index < -0.39 is 11.9 Å². The lowest BCUT2D eigenvalue weighted by Gasteiger charge is -2.36. The smallest absolute Gasteiger partial charge is 0.335 e. The van der Waals surface area contributed by atoms with Crippen LogP contribution >= 0.6 is 11.6 Å². The maximum absolute atomic E-state index is 12.7. The van der Waals surface area contributed by atoms with E-state index in [1.54, 1.807) is 25.1 Å². The molecule has 3 rings (SSSR count). The fourth-order valence-electron chi connectivity index (χ4n) is 3.22. The number of anilines is 2. The van der Waals surface area contributed by atoms with Crippen LogP contribution in [0.3, 0.4) is 0 Å². The first-order valence-corrected chi connectivity index (χ1v) is 9.44. The maximum atomic E-state index is 12.7. The predicted octanol–water partition coefficient (Wildman–Crippen LogP) is 3.61. The number of morpholine rings is 1. The summed E-state index contributed by atoms with van der Waals surface area (Å²) in [6, 6.07) is 8.07. The van der Waals surface area contributed by atoms with Crippen LogP contribution in [0.25, 0.3) is 0 Å². The Hall–Kier alpha value is -2.64. The number of halogens is 1. The van der Waals surface area contributed by atoms with Gasteiger partial charge in [0.05, 0.1) is 24.8 Å². The number of pyridine rings is 1. The van der Waals surface area contributed by atoms with E-state index in [9.17, 15) is 9.59 Å². The van der Waals surface area contributed by atoms with E-state index in [0.717, 1.165) is 6.42 Å². The molecule has 1 saturated heterocycles. The third kappa shape index (κ3) is 4.43. The van der Waals surface area contributed by atoms with Crippen LogP contribution in [0.1, 0.15) is 39.8 Å². The number of carboxylic acid groups (broad SMARTS) is 1. The first-order chi connectivity index (χ1) is 13.4. The molecule has 0 bridgehead atoms. The fraction of sp³-hybridized carbons (Fsp3) is 0.350. The molecule has 1 amide bonds. The molecule has 8 heteroatoms. The van der Waals surface area contributed by atoms with Crippen LogP contribution in [-0.2, 0) is 4.74 Å². The highest BCUT2D eigenvalue weighted by Crippen LogP contribution is 2.24. The van der Waals surface area contributed by atoms with Crippen molar-refractivity contribution in [2.24, 2.45) is 0 Å². The quantitative estimate of drug-likeness (QED) is 0.792. The Morgan fingerprint density at radius 2 is 2.14 bits per heavy atom. The average Bonchev–Trinajstić information content (AvgIpc) is 2.67. The molecule has 1 aliphatic heterocycles. The molecule has 2 N–H and O–H groups in total. The van der Waals surface area contributed by atoms with E-state index in [4.69, 9.17) is 21.4 Å². The highest BCUT2D eigenvalue weighted by atomic mass is 35.5. The summed E-state index contributed by atoms with van der Waals surface area (Å²) in [4.78, 5) is 30.4. The molecule has 1 aromatic carbocycles. The molecule has 0 unspecified atom stereocenters. The summed E-state index contributed by atoms with van der Waals surface area (Å²) in [5.41, 5.74) is 1.45. The van der Waals surface area contributed by atoms with E-state index in [1.165, 1.54) is 12.1 Å². The number of carbonyl (C=O) groups excluding carboxylic acids is 1. The van der Waals surface area contributed by atoms with Gasteiger partial charge in [-0.3, -0.25) is 4.79 Å². The number of ether oxygens (including phenoxy) is 1. The molecule has 0 spiro atoms. The van der Waals surface area contributed by atoms with Gasteiger partial charge in [0, 0.05) is 17.3 Å². The molecule has 0 saturated carbocycles. The van der Waals surface area contributed by atoms with Gasteiger partial charge < -0.3 is 20.1 Å². The van der Waals surface area contributed by atoms with Crippen molar-refractivity contribution >= 4 is 35.0 Å². The van der Waals surface area contributed by atoms with Crippen LogP contribution < -0.4 is 10.2 Å². The molecule has 1 aromatic heterocycles. The number of nitrogens with one attached hydrogen (secondary N) is 1. The van der Waals surface area contributed by atoms with Crippen molar-refractivity contribution in [3.63, 3.8) is 0 Å². The van der Waals surface area contributed by atoms with Crippen molar-refractivity contribution in [1.82, 2.24) is 4.98 Å². The summed E-state index contributed by atoms with van der Waals surface area (Å²) >= 11 is 6.24. The van der Waals surface area contributed by atoms with Gasteiger partial charge in [0.25, 0.3) is 5.91 Å². The van der Waals surface area contributed by atoms with Crippen molar-refractivity contribution < 1.29 is 19.4 Å². The summed E-state index contributed by atoms with van der Waals surface area (Å²) in [6.45, 7) is 5.65. The molecule has 1 fully saturated rings. The lowest BCUT2D eigenvalue weighted by atomic mass is 10.1. The lowest BCUT2D eigenvalue weighted by Crippen LogP contribution is -2.45. The Balaban J connectivity index is 1.83. The van der Waals surface area contributed by atoms with E-state index in [0.29, 0.717) is 41.8 Å². The van der Waals surface area contributed by atoms with Gasteiger partial charge in [-0.25, -0.2) is 9.78 Å². The van der Waals surface area contributed by atoms with Crippen LogP contribution in [0.2, 0.25) is 5.02 Å². The van der Waals surface area contributed by atoms with Gasteiger partial charge in [-0.2, -0.15) is 0 Å². The minimum atomic E-state index is -1.01. The van der Waals surface area contributed by atoms with Crippen molar-refractivity contribution in [2.45, 2.75) is 26.3 Å². The van der Waals surface area contributed by atoms with Crippen LogP contribution in [0.4, 0.5) is 11.5 Å². The van der Waals surface area contributed by atoms with E-state index >= 15 is 0 Å². The molecule has 148 valence electrons. The number of amides is 1. The Morgan fingerprint density at radius 1 is 1.36 bits per heavy atom. The molecular formula is C20H22ClN3O4. The standard InChI is InChI=1S/C20H22ClN3O4/c1-3-15-11-28-7-6-24(15)18-10-13(21)9-17(23-18)19(25)22-14-4-5-16(20(26)27)12(2)8-14/h4-5,8-10,15H,3,6-7,11H2,1-2H3,(H,22,25)(H,26,27)/t15-/m0/s1. The van der Waals surface area contributed by atoms with Crippen LogP contribution in [0.15, 0.2) is 30.3 Å². The van der Waals surface area contributed by atoms with Crippen molar-refractivity contribution in [3.8, 4) is 0 Å². The summed E-state index contributed by atoms with van der Waals surface area (Å²) < 4.78 is 5.53. The highest BCUT2D eigenvalue weighted by molar-refractivity contribution is 6.31. The molecule has 2 aromatic rings. The minimum Gasteiger partial charge on any atom is -0.478 e. The number of nitrogens with zero attached hydrogens (tertiary/aromatic N) is 2. The number of aryl methyl sites for hydroxylation is 1. The number of carboxylic acids is 1. The molecule has 1 atom stereocenters. The maximum Gasteiger partial charge on any atom is 0.335 e. The van der Waals surface area contributed by atoms with E-state index in [1.807, 2.05) is 0 Å². The normalized spacial score (nSPS) is 16.7. The fourth-order valence-corrected chi connectivity index (χ4v) is 3.42. The monoisotopic (exact) mass is 403 g/mol. The first-order valence-electron chi connectivity index (χ1n) is 9.06. The third-order valence-electron chi connectivity index (χ3n) is 4.72. The second-order valence-electron chi connectivity index (χ2n) is 6.65. The van der Waals surface area contributed by atoms with Crippen LogP contribution in [0.5, 0.6) is 0 Å². The van der Waals surface area contributed by atoms with E-state index in [2.05, 4.69) is 22.1 Å². The molecule has 7 nitrogen and oxygen atoms in total. The predicted molar refractivity (Wildman–Crippen MR) is 108 cm³/mol. The van der Waals surface area contributed by atoms with Gasteiger partial charge in [-0.1, -0.05) is 18.5 Å². The number of rotatable bonds is 5. The van der Waals surface area contributed by atoms with Gasteiger partial charge >= 0.3 is 5.97 Å². The molecule has 28 heavy (non-hydrogen) atoms. The summed E-state index contributed by atoms with van der Waals surface area (Å²) in [6.07, 6.45) is 0.894. The van der Waals surface area contributed by atoms with Crippen molar-refractivity contribution in [3.05, 3.63) is 52.2 Å². The average molecular weight is 404 g/mol. The molecular weight excluding hydrogens is 382 g/mol. The second kappa shape index (κ2) is 8.58. The van der Waals surface area contributed by atoms with Crippen LogP contribution in [0, 0.1) is 6.92 Å². The van der Waals surface area contributed by atoms with Gasteiger partial charge in [0.2, 0.25) is 0 Å². The van der Waals surface area contributed by atoms with E-state index in [-0.39, 0.29) is 17.3 Å². The Labute approximate surface area is 168 Å². The molecule has 0 radical (unpaired) electrons. The number of hydrogen-bond acceptors (Lipinski definition) is 5. The number of aromatic nitrogens is 1. The van der Waals surface area contributed by atoms with Crippen molar-refractivity contribution in [1.29, 1.82) is 0 Å². The largest absolute Gasteiger partial charge is 0.478 e. The Kier molecular flexibility index (Phi) is 6.16. The topological polar surface area (TPSA) is 91.8 Å². The third-order valence-corrected chi connectivity index (χ3v) is 4.94. The summed E-state index contributed by atoms with van der Waals surface area (Å²) in [5, 5.41) is 12.3. The molecule has 2 heterocycles. The number of benzene rings is 1. The zero-order valence-corrected chi connectivity index (χ0v) is 16.5. The van der Waals surface area contributed by atoms with Crippen molar-refractivity contribution in [2.75, 3.05) is 30.0 Å². The SMILES string of the molecule is CC[C@H]1COCCN1c1cc(Cl)cc(C(=O)Nc2ccc(C(=O)O)c(C)c2)n1. The number of aromatic carboxylic acids is 1. The summed E-state index contributed by atoms with van der Waals surface area (Å²) in [7, 11) is 0. The second-order valence-corrected chi connectivity index (χ2v) is 7.08. The van der Waals surface area contributed by atoms with Gasteiger partial charge in [0.1, 0.15) is 11.5 Å². The zero-order valence-electron chi connectivity index (χ0n) is 15.7. The molecule has 0 aliphatic carbocycles. The number of carbonyl (C=O) groups is 2. The van der Waals surface area contributed by atoms with Gasteiger partial charge in [0.15, 0.2) is 0 Å². The minimum absolute atomic E-state index is 0.182. The molecule has 1 aliphatic rings. The lowest BCUT2D eigenvalue weighted by molar-refractivity contribution is 0.0696. The number of hydrogen-bond donors (Lipinski definition) is 2. The van der Waals surface area contributed by atoms with Crippen LogP contribution in [-0.4, -0.2) is 47.8 Å². The zero-order chi connectivity index (χ0) is 20.3.